The van der Waals surface area contributed by atoms with Crippen LogP contribution in [0.2, 0.25) is 0 Å². The van der Waals surface area contributed by atoms with E-state index in [-0.39, 0.29) is 24.2 Å². The van der Waals surface area contributed by atoms with Gasteiger partial charge >= 0.3 is 6.03 Å². The Morgan fingerprint density at radius 3 is 2.42 bits per heavy atom. The molecular weight excluding hydrogens is 506 g/mol. The van der Waals surface area contributed by atoms with Crippen LogP contribution in [0.15, 0.2) is 91.1 Å². The summed E-state index contributed by atoms with van der Waals surface area (Å²) in [5.74, 6) is -0.207. The van der Waals surface area contributed by atoms with Gasteiger partial charge in [0.25, 0.3) is 5.69 Å². The summed E-state index contributed by atoms with van der Waals surface area (Å²) >= 11 is 0. The number of aromatic nitrogens is 1. The van der Waals surface area contributed by atoms with Gasteiger partial charge in [0.15, 0.2) is 0 Å². The molecule has 1 aromatic heterocycles. The Bertz CT molecular complexity index is 1550. The molecule has 3 amide bonds. The fourth-order valence-corrected chi connectivity index (χ4v) is 5.13. The Morgan fingerprint density at radius 1 is 0.975 bits per heavy atom. The summed E-state index contributed by atoms with van der Waals surface area (Å²) in [4.78, 5) is 41.4. The molecule has 0 saturated carbocycles. The maximum Gasteiger partial charge on any atom is 0.322 e. The third-order valence-electron chi connectivity index (χ3n) is 7.07. The molecule has 1 aliphatic rings. The minimum atomic E-state index is -0.491. The standard InChI is InChI=1S/C31H31N5O4/c1-3-4-18-33(31(38)32-24-14-16-25(17-15-24)36(39)40)21-29(37)35-27-12-6-5-11-26(27)34-19-8-13-28(34)30(35)23-10-7-9-22(2)20-23/h5-17,19-20,30H,3-4,18,21H2,1-2H3,(H,32,38). The number of hydrogen-bond donors (Lipinski definition) is 1. The maximum absolute atomic E-state index is 14.2. The van der Waals surface area contributed by atoms with E-state index in [4.69, 9.17) is 0 Å². The van der Waals surface area contributed by atoms with Crippen molar-refractivity contribution >= 4 is 29.0 Å². The Balaban J connectivity index is 1.47. The number of nitro groups is 1. The third kappa shape index (κ3) is 5.31. The van der Waals surface area contributed by atoms with E-state index in [9.17, 15) is 19.7 Å². The molecule has 1 N–H and O–H groups in total. The van der Waals surface area contributed by atoms with Gasteiger partial charge in [0.2, 0.25) is 5.91 Å². The highest BCUT2D eigenvalue weighted by molar-refractivity contribution is 6.01. The smallest absolute Gasteiger partial charge is 0.316 e. The highest BCUT2D eigenvalue weighted by Gasteiger charge is 2.37. The Kier molecular flexibility index (Phi) is 7.63. The van der Waals surface area contributed by atoms with Crippen molar-refractivity contribution in [3.8, 4) is 5.69 Å². The van der Waals surface area contributed by atoms with Gasteiger partial charge < -0.3 is 14.8 Å². The van der Waals surface area contributed by atoms with Gasteiger partial charge in [-0.15, -0.1) is 0 Å². The number of carbonyl (C=O) groups excluding carboxylic acids is 2. The van der Waals surface area contributed by atoms with Crippen LogP contribution >= 0.6 is 0 Å². The van der Waals surface area contributed by atoms with Gasteiger partial charge in [-0.25, -0.2) is 4.79 Å². The number of hydrogen-bond acceptors (Lipinski definition) is 4. The van der Waals surface area contributed by atoms with E-state index in [1.165, 1.54) is 29.2 Å². The zero-order valence-corrected chi connectivity index (χ0v) is 22.5. The molecular formula is C31H31N5O4. The molecule has 1 atom stereocenters. The second kappa shape index (κ2) is 11.4. The number of nitro benzene ring substituents is 1. The van der Waals surface area contributed by atoms with E-state index >= 15 is 0 Å². The predicted octanol–water partition coefficient (Wildman–Crippen LogP) is 6.46. The Hall–Kier alpha value is -4.92. The van der Waals surface area contributed by atoms with Crippen molar-refractivity contribution in [2.24, 2.45) is 0 Å². The molecule has 3 aromatic carbocycles. The second-order valence-electron chi connectivity index (χ2n) is 9.88. The van der Waals surface area contributed by atoms with Crippen LogP contribution in [0.3, 0.4) is 0 Å². The minimum absolute atomic E-state index is 0.0632. The molecule has 0 spiro atoms. The molecule has 4 aromatic rings. The molecule has 0 bridgehead atoms. The Morgan fingerprint density at radius 2 is 1.73 bits per heavy atom. The lowest BCUT2D eigenvalue weighted by Gasteiger charge is -2.39. The predicted molar refractivity (Wildman–Crippen MR) is 155 cm³/mol. The van der Waals surface area contributed by atoms with Gasteiger partial charge in [-0.1, -0.05) is 55.3 Å². The van der Waals surface area contributed by atoms with Crippen LogP contribution < -0.4 is 10.2 Å². The van der Waals surface area contributed by atoms with Gasteiger partial charge in [0.1, 0.15) is 12.6 Å². The van der Waals surface area contributed by atoms with E-state index in [2.05, 4.69) is 16.0 Å². The first-order chi connectivity index (χ1) is 19.4. The molecule has 0 saturated heterocycles. The van der Waals surface area contributed by atoms with E-state index < -0.39 is 11.0 Å². The van der Waals surface area contributed by atoms with Crippen LogP contribution in [-0.2, 0) is 4.79 Å². The molecule has 9 nitrogen and oxygen atoms in total. The van der Waals surface area contributed by atoms with E-state index in [0.717, 1.165) is 41.0 Å². The number of unbranched alkanes of at least 4 members (excludes halogenated alkanes) is 1. The first kappa shape index (κ1) is 26.7. The first-order valence-electron chi connectivity index (χ1n) is 13.3. The molecule has 0 fully saturated rings. The number of amides is 3. The number of anilines is 2. The molecule has 0 aliphatic carbocycles. The van der Waals surface area contributed by atoms with Crippen molar-refractivity contribution in [2.45, 2.75) is 32.7 Å². The van der Waals surface area contributed by atoms with Gasteiger partial charge in [-0.2, -0.15) is 0 Å². The van der Waals surface area contributed by atoms with Crippen LogP contribution in [0.5, 0.6) is 0 Å². The number of aryl methyl sites for hydroxylation is 1. The van der Waals surface area contributed by atoms with Crippen LogP contribution in [0.4, 0.5) is 21.9 Å². The minimum Gasteiger partial charge on any atom is -0.316 e. The van der Waals surface area contributed by atoms with Gasteiger partial charge in [0.05, 0.1) is 22.0 Å². The highest BCUT2D eigenvalue weighted by atomic mass is 16.6. The fraction of sp³-hybridized carbons (Fsp3) is 0.226. The highest BCUT2D eigenvalue weighted by Crippen LogP contribution is 2.42. The van der Waals surface area contributed by atoms with Crippen LogP contribution in [0.25, 0.3) is 5.69 Å². The number of non-ortho nitro benzene ring substituents is 1. The van der Waals surface area contributed by atoms with Crippen LogP contribution in [-0.4, -0.2) is 39.4 Å². The summed E-state index contributed by atoms with van der Waals surface area (Å²) in [5.41, 5.74) is 5.07. The topological polar surface area (TPSA) is 101 Å². The van der Waals surface area contributed by atoms with Crippen LogP contribution in [0.1, 0.15) is 42.6 Å². The summed E-state index contributed by atoms with van der Waals surface area (Å²) in [6.07, 6.45) is 3.58. The lowest BCUT2D eigenvalue weighted by atomic mass is 9.96. The van der Waals surface area contributed by atoms with Gasteiger partial charge in [-0.3, -0.25) is 19.8 Å². The number of para-hydroxylation sites is 2. The molecule has 5 rings (SSSR count). The number of nitrogens with zero attached hydrogens (tertiary/aromatic N) is 4. The van der Waals surface area contributed by atoms with E-state index in [1.54, 1.807) is 4.90 Å². The summed E-state index contributed by atoms with van der Waals surface area (Å²) in [6.45, 7) is 4.32. The van der Waals surface area contributed by atoms with Crippen LogP contribution in [0, 0.1) is 17.0 Å². The zero-order valence-electron chi connectivity index (χ0n) is 22.5. The normalized spacial score (nSPS) is 13.8. The van der Waals surface area contributed by atoms with Crippen molar-refractivity contribution < 1.29 is 14.5 Å². The maximum atomic E-state index is 14.2. The average molecular weight is 538 g/mol. The molecule has 1 aliphatic heterocycles. The number of urea groups is 1. The average Bonchev–Trinajstić information content (AvgIpc) is 3.44. The Labute approximate surface area is 232 Å². The number of fused-ring (bicyclic) bond motifs is 3. The first-order valence-corrected chi connectivity index (χ1v) is 13.3. The summed E-state index contributed by atoms with van der Waals surface area (Å²) in [6, 6.07) is 24.8. The van der Waals surface area contributed by atoms with E-state index in [0.29, 0.717) is 12.2 Å². The summed E-state index contributed by atoms with van der Waals surface area (Å²) in [5, 5.41) is 13.8. The molecule has 0 radical (unpaired) electrons. The number of nitrogens with one attached hydrogen (secondary N) is 1. The number of rotatable bonds is 8. The van der Waals surface area contributed by atoms with E-state index in [1.807, 2.05) is 74.6 Å². The molecule has 204 valence electrons. The molecule has 9 heteroatoms. The number of benzene rings is 3. The number of carbonyl (C=O) groups is 2. The lowest BCUT2D eigenvalue weighted by molar-refractivity contribution is -0.384. The summed E-state index contributed by atoms with van der Waals surface area (Å²) < 4.78 is 2.11. The van der Waals surface area contributed by atoms with Crippen molar-refractivity contribution in [3.63, 3.8) is 0 Å². The van der Waals surface area contributed by atoms with Crippen molar-refractivity contribution in [3.05, 3.63) is 118 Å². The quantitative estimate of drug-likeness (QED) is 0.206. The largest absolute Gasteiger partial charge is 0.322 e. The summed E-state index contributed by atoms with van der Waals surface area (Å²) in [7, 11) is 0. The lowest BCUT2D eigenvalue weighted by Crippen LogP contribution is -2.48. The molecule has 40 heavy (non-hydrogen) atoms. The van der Waals surface area contributed by atoms with Crippen molar-refractivity contribution in [1.29, 1.82) is 0 Å². The van der Waals surface area contributed by atoms with Crippen molar-refractivity contribution in [2.75, 3.05) is 23.3 Å². The third-order valence-corrected chi connectivity index (χ3v) is 7.07. The van der Waals surface area contributed by atoms with Gasteiger partial charge in [-0.05, 0) is 55.3 Å². The van der Waals surface area contributed by atoms with Crippen molar-refractivity contribution in [1.82, 2.24) is 9.47 Å². The SMILES string of the molecule is CCCCN(CC(=O)N1c2ccccc2-n2cccc2C1c1cccc(C)c1)C(=O)Nc1ccc([N+](=O)[O-])cc1. The zero-order chi connectivity index (χ0) is 28.2. The molecule has 2 heterocycles. The monoisotopic (exact) mass is 537 g/mol. The van der Waals surface area contributed by atoms with Gasteiger partial charge in [0, 0.05) is 30.6 Å². The molecule has 1 unspecified atom stereocenters. The fourth-order valence-electron chi connectivity index (χ4n) is 5.13. The second-order valence-corrected chi connectivity index (χ2v) is 9.88.